The van der Waals surface area contributed by atoms with E-state index in [9.17, 15) is 4.79 Å². The van der Waals surface area contributed by atoms with Crippen molar-refractivity contribution in [2.24, 2.45) is 0 Å². The molecule has 1 aromatic heterocycles. The highest BCUT2D eigenvalue weighted by Gasteiger charge is 2.21. The highest BCUT2D eigenvalue weighted by Crippen LogP contribution is 2.33. The topological polar surface area (TPSA) is 53.4 Å². The number of rotatable bonds is 2. The monoisotopic (exact) mass is 254 g/mol. The second kappa shape index (κ2) is 4.39. The third-order valence-corrected chi connectivity index (χ3v) is 3.47. The molecule has 0 atom stereocenters. The van der Waals surface area contributed by atoms with Gasteiger partial charge in [-0.05, 0) is 37.1 Å². The van der Waals surface area contributed by atoms with Crippen molar-refractivity contribution in [1.29, 1.82) is 0 Å². The summed E-state index contributed by atoms with van der Waals surface area (Å²) in [5.41, 5.74) is 3.28. The molecule has 0 fully saturated rings. The van der Waals surface area contributed by atoms with Crippen molar-refractivity contribution >= 4 is 17.5 Å². The maximum Gasteiger partial charge on any atom is 0.337 e. The van der Waals surface area contributed by atoms with E-state index in [1.165, 1.54) is 5.56 Å². The van der Waals surface area contributed by atoms with Crippen LogP contribution in [0.1, 0.15) is 21.6 Å². The Morgan fingerprint density at radius 3 is 2.79 bits per heavy atom. The summed E-state index contributed by atoms with van der Waals surface area (Å²) in [5.74, 6) is -0.120. The van der Waals surface area contributed by atoms with Crippen LogP contribution in [-0.2, 0) is 6.42 Å². The number of carboxylic acid groups (broad SMARTS) is 1. The maximum absolute atomic E-state index is 11.0. The van der Waals surface area contributed by atoms with E-state index in [-0.39, 0.29) is 5.56 Å². The van der Waals surface area contributed by atoms with E-state index in [1.54, 1.807) is 19.1 Å². The maximum atomic E-state index is 11.0. The van der Waals surface area contributed by atoms with Crippen molar-refractivity contribution in [3.05, 3.63) is 53.2 Å². The predicted molar refractivity (Wildman–Crippen MR) is 73.1 cm³/mol. The Labute approximate surface area is 111 Å². The van der Waals surface area contributed by atoms with Gasteiger partial charge in [0.1, 0.15) is 5.82 Å². The number of carboxylic acids is 1. The van der Waals surface area contributed by atoms with Crippen molar-refractivity contribution in [2.75, 3.05) is 11.4 Å². The van der Waals surface area contributed by atoms with Crippen LogP contribution < -0.4 is 4.90 Å². The van der Waals surface area contributed by atoms with E-state index in [0.29, 0.717) is 5.69 Å². The molecule has 2 aromatic rings. The van der Waals surface area contributed by atoms with Crippen LogP contribution in [0.25, 0.3) is 0 Å². The molecule has 1 aliphatic heterocycles. The number of hydrogen-bond acceptors (Lipinski definition) is 3. The lowest BCUT2D eigenvalue weighted by atomic mass is 10.2. The van der Waals surface area contributed by atoms with Gasteiger partial charge in [0.2, 0.25) is 0 Å². The largest absolute Gasteiger partial charge is 0.478 e. The SMILES string of the molecule is Cc1nc(N2CCc3ccccc32)ccc1C(=O)O. The average Bonchev–Trinajstić information content (AvgIpc) is 2.82. The molecule has 1 N–H and O–H groups in total. The molecule has 4 heteroatoms. The Morgan fingerprint density at radius 2 is 2.05 bits per heavy atom. The Hall–Kier alpha value is -2.36. The van der Waals surface area contributed by atoms with E-state index >= 15 is 0 Å². The Bertz CT molecular complexity index is 652. The van der Waals surface area contributed by atoms with Crippen LogP contribution in [0.3, 0.4) is 0 Å². The molecular weight excluding hydrogens is 240 g/mol. The van der Waals surface area contributed by atoms with Gasteiger partial charge in [0.05, 0.1) is 11.3 Å². The summed E-state index contributed by atoms with van der Waals surface area (Å²) < 4.78 is 0. The van der Waals surface area contributed by atoms with Crippen molar-refractivity contribution in [1.82, 2.24) is 4.98 Å². The summed E-state index contributed by atoms with van der Waals surface area (Å²) >= 11 is 0. The van der Waals surface area contributed by atoms with Crippen LogP contribution >= 0.6 is 0 Å². The first-order valence-corrected chi connectivity index (χ1v) is 6.23. The van der Waals surface area contributed by atoms with E-state index < -0.39 is 5.97 Å². The fourth-order valence-corrected chi connectivity index (χ4v) is 2.50. The van der Waals surface area contributed by atoms with Gasteiger partial charge in [-0.15, -0.1) is 0 Å². The van der Waals surface area contributed by atoms with Gasteiger partial charge < -0.3 is 10.0 Å². The van der Waals surface area contributed by atoms with E-state index in [1.807, 2.05) is 12.1 Å². The normalized spacial score (nSPS) is 13.4. The summed E-state index contributed by atoms with van der Waals surface area (Å²) in [6, 6.07) is 11.6. The summed E-state index contributed by atoms with van der Waals surface area (Å²) in [6.45, 7) is 2.62. The Kier molecular flexibility index (Phi) is 2.71. The van der Waals surface area contributed by atoms with Gasteiger partial charge in [-0.25, -0.2) is 9.78 Å². The molecule has 1 aliphatic rings. The zero-order valence-electron chi connectivity index (χ0n) is 10.6. The second-order valence-corrected chi connectivity index (χ2v) is 4.64. The van der Waals surface area contributed by atoms with Crippen molar-refractivity contribution in [2.45, 2.75) is 13.3 Å². The van der Waals surface area contributed by atoms with Gasteiger partial charge in [-0.2, -0.15) is 0 Å². The Balaban J connectivity index is 2.01. The molecule has 3 rings (SSSR count). The number of para-hydroxylation sites is 1. The zero-order valence-corrected chi connectivity index (χ0v) is 10.6. The summed E-state index contributed by atoms with van der Waals surface area (Å²) in [5, 5.41) is 9.03. The number of aromatic carboxylic acids is 1. The number of carbonyl (C=O) groups is 1. The highest BCUT2D eigenvalue weighted by molar-refractivity contribution is 5.89. The number of benzene rings is 1. The molecule has 1 aromatic carbocycles. The van der Waals surface area contributed by atoms with Crippen molar-refractivity contribution in [3.63, 3.8) is 0 Å². The van der Waals surface area contributed by atoms with Crippen LogP contribution in [-0.4, -0.2) is 22.6 Å². The second-order valence-electron chi connectivity index (χ2n) is 4.64. The minimum absolute atomic E-state index is 0.260. The minimum Gasteiger partial charge on any atom is -0.478 e. The standard InChI is InChI=1S/C15H14N2O2/c1-10-12(15(18)19)6-7-14(16-10)17-9-8-11-4-2-3-5-13(11)17/h2-7H,8-9H2,1H3,(H,18,19). The molecular formula is C15H14N2O2. The molecule has 0 saturated carbocycles. The van der Waals surface area contributed by atoms with E-state index in [4.69, 9.17) is 5.11 Å². The van der Waals surface area contributed by atoms with Gasteiger partial charge in [0, 0.05) is 12.2 Å². The molecule has 96 valence electrons. The van der Waals surface area contributed by atoms with E-state index in [0.717, 1.165) is 24.5 Å². The molecule has 0 aliphatic carbocycles. The van der Waals surface area contributed by atoms with Crippen LogP contribution in [0.5, 0.6) is 0 Å². The van der Waals surface area contributed by atoms with Crippen molar-refractivity contribution in [3.8, 4) is 0 Å². The van der Waals surface area contributed by atoms with Crippen LogP contribution in [0.2, 0.25) is 0 Å². The molecule has 2 heterocycles. The zero-order chi connectivity index (χ0) is 13.4. The minimum atomic E-state index is -0.932. The summed E-state index contributed by atoms with van der Waals surface area (Å²) in [6.07, 6.45) is 0.998. The number of aromatic nitrogens is 1. The fraction of sp³-hybridized carbons (Fsp3) is 0.200. The molecule has 0 amide bonds. The molecule has 0 spiro atoms. The molecule has 0 unspecified atom stereocenters. The number of anilines is 2. The lowest BCUT2D eigenvalue weighted by molar-refractivity contribution is 0.0695. The lowest BCUT2D eigenvalue weighted by Crippen LogP contribution is -2.16. The summed E-state index contributed by atoms with van der Waals surface area (Å²) in [4.78, 5) is 17.6. The molecule has 0 saturated heterocycles. The quantitative estimate of drug-likeness (QED) is 0.895. The van der Waals surface area contributed by atoms with Gasteiger partial charge in [0.15, 0.2) is 0 Å². The van der Waals surface area contributed by atoms with Crippen LogP contribution in [0, 0.1) is 6.92 Å². The number of hydrogen-bond donors (Lipinski definition) is 1. The highest BCUT2D eigenvalue weighted by atomic mass is 16.4. The first kappa shape index (κ1) is 11.7. The third kappa shape index (κ3) is 1.95. The average molecular weight is 254 g/mol. The molecule has 19 heavy (non-hydrogen) atoms. The fourth-order valence-electron chi connectivity index (χ4n) is 2.50. The molecule has 4 nitrogen and oxygen atoms in total. The summed E-state index contributed by atoms with van der Waals surface area (Å²) in [7, 11) is 0. The van der Waals surface area contributed by atoms with Gasteiger partial charge in [-0.1, -0.05) is 18.2 Å². The lowest BCUT2D eigenvalue weighted by Gasteiger charge is -2.19. The molecule has 0 radical (unpaired) electrons. The van der Waals surface area contributed by atoms with Gasteiger partial charge >= 0.3 is 5.97 Å². The van der Waals surface area contributed by atoms with Crippen molar-refractivity contribution < 1.29 is 9.90 Å². The third-order valence-electron chi connectivity index (χ3n) is 3.47. The first-order valence-electron chi connectivity index (χ1n) is 6.23. The number of nitrogens with zero attached hydrogens (tertiary/aromatic N) is 2. The first-order chi connectivity index (χ1) is 9.16. The number of pyridine rings is 1. The predicted octanol–water partition coefficient (Wildman–Crippen LogP) is 2.78. The number of fused-ring (bicyclic) bond motifs is 1. The Morgan fingerprint density at radius 1 is 1.26 bits per heavy atom. The number of aryl methyl sites for hydroxylation is 1. The van der Waals surface area contributed by atoms with E-state index in [2.05, 4.69) is 22.0 Å². The van der Waals surface area contributed by atoms with Gasteiger partial charge in [-0.3, -0.25) is 0 Å². The molecule has 0 bridgehead atoms. The smallest absolute Gasteiger partial charge is 0.337 e. The van der Waals surface area contributed by atoms with Crippen LogP contribution in [0.15, 0.2) is 36.4 Å². The van der Waals surface area contributed by atoms with Crippen LogP contribution in [0.4, 0.5) is 11.5 Å². The van der Waals surface area contributed by atoms with Gasteiger partial charge in [0.25, 0.3) is 0 Å².